The Bertz CT molecular complexity index is 858. The number of aliphatic imine (C=N–C) groups is 1. The maximum absolute atomic E-state index is 9.07. The number of nitriles is 1. The van der Waals surface area contributed by atoms with Gasteiger partial charge >= 0.3 is 0 Å². The van der Waals surface area contributed by atoms with Gasteiger partial charge in [0.25, 0.3) is 0 Å². The van der Waals surface area contributed by atoms with Gasteiger partial charge in [-0.3, -0.25) is 0 Å². The minimum Gasteiger partial charge on any atom is -0.443 e. The van der Waals surface area contributed by atoms with Crippen molar-refractivity contribution in [2.24, 2.45) is 28.2 Å². The molecule has 6 heteroatoms. The predicted molar refractivity (Wildman–Crippen MR) is 99.3 cm³/mol. The summed E-state index contributed by atoms with van der Waals surface area (Å²) in [6.07, 6.45) is 11.6. The fourth-order valence-corrected chi connectivity index (χ4v) is 6.01. The monoisotopic (exact) mass is 349 g/mol. The second-order valence-electron chi connectivity index (χ2n) is 8.49. The average molecular weight is 349 g/mol. The molecule has 0 unspecified atom stereocenters. The highest BCUT2D eigenvalue weighted by Crippen LogP contribution is 2.59. The average Bonchev–Trinajstić information content (AvgIpc) is 3.06. The summed E-state index contributed by atoms with van der Waals surface area (Å²) in [5.74, 6) is 3.27. The molecule has 4 bridgehead atoms. The van der Waals surface area contributed by atoms with Gasteiger partial charge in [-0.15, -0.1) is 4.99 Å². The van der Waals surface area contributed by atoms with E-state index in [1.165, 1.54) is 44.9 Å². The first-order valence-corrected chi connectivity index (χ1v) is 9.52. The molecule has 0 spiro atoms. The quantitative estimate of drug-likeness (QED) is 0.499. The molecule has 134 valence electrons. The summed E-state index contributed by atoms with van der Waals surface area (Å²) in [6, 6.07) is 5.69. The summed E-state index contributed by atoms with van der Waals surface area (Å²) in [4.78, 5) is 8.08. The van der Waals surface area contributed by atoms with Crippen LogP contribution < -0.4 is 10.6 Å². The number of oxazole rings is 1. The third-order valence-corrected chi connectivity index (χ3v) is 6.55. The lowest BCUT2D eigenvalue weighted by atomic mass is 9.49. The van der Waals surface area contributed by atoms with E-state index in [9.17, 15) is 0 Å². The minimum absolute atomic E-state index is 0.390. The molecule has 2 aromatic rings. The molecule has 4 aliphatic carbocycles. The molecule has 0 radical (unpaired) electrons. The van der Waals surface area contributed by atoms with Gasteiger partial charge in [-0.2, -0.15) is 5.26 Å². The summed E-state index contributed by atoms with van der Waals surface area (Å²) in [5, 5.41) is 15.7. The molecule has 0 aliphatic heterocycles. The topological polar surface area (TPSA) is 86.2 Å². The van der Waals surface area contributed by atoms with Gasteiger partial charge in [-0.05, 0) is 73.8 Å². The van der Waals surface area contributed by atoms with Crippen molar-refractivity contribution in [2.45, 2.75) is 38.5 Å². The molecule has 4 aliphatic rings. The van der Waals surface area contributed by atoms with Gasteiger partial charge in [0.05, 0.1) is 0 Å². The molecule has 1 heterocycles. The third kappa shape index (κ3) is 2.82. The Morgan fingerprint density at radius 1 is 1.23 bits per heavy atom. The van der Waals surface area contributed by atoms with Crippen molar-refractivity contribution in [3.05, 3.63) is 24.6 Å². The van der Waals surface area contributed by atoms with E-state index >= 15 is 0 Å². The molecule has 4 saturated carbocycles. The van der Waals surface area contributed by atoms with E-state index in [4.69, 9.17) is 9.68 Å². The number of hydrogen-bond acceptors (Lipinski definition) is 4. The Balaban J connectivity index is 1.29. The van der Waals surface area contributed by atoms with E-state index < -0.39 is 0 Å². The fraction of sp³-hybridized carbons (Fsp3) is 0.550. The zero-order valence-electron chi connectivity index (χ0n) is 14.7. The van der Waals surface area contributed by atoms with E-state index in [0.717, 1.165) is 35.5 Å². The third-order valence-electron chi connectivity index (χ3n) is 6.55. The molecule has 4 fully saturated rings. The molecule has 0 amide bonds. The zero-order chi connectivity index (χ0) is 17.6. The van der Waals surface area contributed by atoms with Gasteiger partial charge < -0.3 is 15.1 Å². The Morgan fingerprint density at radius 3 is 2.65 bits per heavy atom. The summed E-state index contributed by atoms with van der Waals surface area (Å²) in [6.45, 7) is 0.897. The zero-order valence-corrected chi connectivity index (χ0v) is 14.7. The molecule has 6 rings (SSSR count). The molecule has 2 N–H and O–H groups in total. The van der Waals surface area contributed by atoms with Crippen molar-refractivity contribution < 1.29 is 4.42 Å². The SMILES string of the molecule is N#C/N=C(\NCC12CC3CC(CC(C3)C1)C2)Nc1ccc2ncoc2c1. The molecule has 0 atom stereocenters. The van der Waals surface area contributed by atoms with Crippen molar-refractivity contribution in [3.63, 3.8) is 0 Å². The Kier molecular flexibility index (Phi) is 3.63. The van der Waals surface area contributed by atoms with E-state index in [0.29, 0.717) is 17.0 Å². The predicted octanol–water partition coefficient (Wildman–Crippen LogP) is 3.88. The number of aromatic nitrogens is 1. The Morgan fingerprint density at radius 2 is 1.96 bits per heavy atom. The highest BCUT2D eigenvalue weighted by molar-refractivity contribution is 5.95. The highest BCUT2D eigenvalue weighted by Gasteiger charge is 2.50. The van der Waals surface area contributed by atoms with Crippen LogP contribution in [0.2, 0.25) is 0 Å². The van der Waals surface area contributed by atoms with Crippen molar-refractivity contribution in [1.82, 2.24) is 10.3 Å². The van der Waals surface area contributed by atoms with E-state index in [2.05, 4.69) is 20.6 Å². The largest absolute Gasteiger partial charge is 0.443 e. The van der Waals surface area contributed by atoms with E-state index in [1.54, 1.807) is 0 Å². The summed E-state index contributed by atoms with van der Waals surface area (Å²) in [5.41, 5.74) is 2.76. The minimum atomic E-state index is 0.390. The van der Waals surface area contributed by atoms with Crippen LogP contribution in [0.5, 0.6) is 0 Å². The molecular formula is C20H23N5O. The lowest BCUT2D eigenvalue weighted by molar-refractivity contribution is -0.0491. The number of nitrogens with one attached hydrogen (secondary N) is 2. The van der Waals surface area contributed by atoms with Crippen LogP contribution in [0.1, 0.15) is 38.5 Å². The number of fused-ring (bicyclic) bond motifs is 1. The number of hydrogen-bond donors (Lipinski definition) is 2. The Labute approximate surface area is 152 Å². The van der Waals surface area contributed by atoms with Gasteiger partial charge in [0.2, 0.25) is 12.2 Å². The lowest BCUT2D eigenvalue weighted by Crippen LogP contribution is -2.51. The van der Waals surface area contributed by atoms with E-state index in [1.807, 2.05) is 24.4 Å². The summed E-state index contributed by atoms with van der Waals surface area (Å²) in [7, 11) is 0. The van der Waals surface area contributed by atoms with Crippen LogP contribution in [0, 0.1) is 34.6 Å². The number of rotatable bonds is 3. The van der Waals surface area contributed by atoms with Crippen LogP contribution in [0.3, 0.4) is 0 Å². The maximum Gasteiger partial charge on any atom is 0.211 e. The first kappa shape index (κ1) is 15.7. The first-order chi connectivity index (χ1) is 12.7. The maximum atomic E-state index is 9.07. The second-order valence-corrected chi connectivity index (χ2v) is 8.49. The number of anilines is 1. The van der Waals surface area contributed by atoms with Gasteiger partial charge in [0.15, 0.2) is 12.0 Å². The summed E-state index contributed by atoms with van der Waals surface area (Å²) >= 11 is 0. The van der Waals surface area contributed by atoms with Gasteiger partial charge in [-0.25, -0.2) is 4.98 Å². The number of guanidine groups is 1. The first-order valence-electron chi connectivity index (χ1n) is 9.52. The number of benzene rings is 1. The van der Waals surface area contributed by atoms with Crippen LogP contribution in [-0.4, -0.2) is 17.5 Å². The van der Waals surface area contributed by atoms with Crippen molar-refractivity contribution >= 4 is 22.7 Å². The van der Waals surface area contributed by atoms with Crippen LogP contribution >= 0.6 is 0 Å². The highest BCUT2D eigenvalue weighted by atomic mass is 16.3. The normalized spacial score (nSPS) is 32.6. The summed E-state index contributed by atoms with van der Waals surface area (Å²) < 4.78 is 5.35. The lowest BCUT2D eigenvalue weighted by Gasteiger charge is -2.57. The van der Waals surface area contributed by atoms with E-state index in [-0.39, 0.29) is 0 Å². The van der Waals surface area contributed by atoms with Gasteiger partial charge in [0, 0.05) is 18.3 Å². The van der Waals surface area contributed by atoms with Crippen molar-refractivity contribution in [1.29, 1.82) is 5.26 Å². The molecule has 1 aromatic heterocycles. The Hall–Kier alpha value is -2.55. The standard InChI is InChI=1S/C20H23N5O/c21-11-23-19(25-16-1-2-17-18(6-16)26-12-24-17)22-10-20-7-13-3-14(8-20)5-15(4-13)9-20/h1-2,6,12-15H,3-5,7-10H2,(H2,22,23,25). The van der Waals surface area contributed by atoms with Gasteiger partial charge in [0.1, 0.15) is 5.52 Å². The molecule has 6 nitrogen and oxygen atoms in total. The smallest absolute Gasteiger partial charge is 0.211 e. The van der Waals surface area contributed by atoms with Crippen LogP contribution in [-0.2, 0) is 0 Å². The van der Waals surface area contributed by atoms with Crippen LogP contribution in [0.25, 0.3) is 11.1 Å². The molecule has 1 aromatic carbocycles. The fourth-order valence-electron chi connectivity index (χ4n) is 6.01. The van der Waals surface area contributed by atoms with Crippen LogP contribution in [0.15, 0.2) is 34.0 Å². The number of nitrogens with zero attached hydrogens (tertiary/aromatic N) is 3. The second kappa shape index (κ2) is 6.01. The van der Waals surface area contributed by atoms with Crippen molar-refractivity contribution in [3.8, 4) is 6.19 Å². The van der Waals surface area contributed by atoms with Gasteiger partial charge in [-0.1, -0.05) is 0 Å². The molecule has 0 saturated heterocycles. The van der Waals surface area contributed by atoms with Crippen molar-refractivity contribution in [2.75, 3.05) is 11.9 Å². The van der Waals surface area contributed by atoms with Crippen LogP contribution in [0.4, 0.5) is 5.69 Å². The molecular weight excluding hydrogens is 326 g/mol. The molecule has 26 heavy (non-hydrogen) atoms.